The molecule has 0 saturated carbocycles. The maximum Gasteiger partial charge on any atom is 0.0702 e. The molecule has 0 spiro atoms. The highest BCUT2D eigenvalue weighted by Gasteiger charge is 2.30. The molecule has 2 aliphatic rings. The minimum absolute atomic E-state index is 0.372. The van der Waals surface area contributed by atoms with Gasteiger partial charge in [0.15, 0.2) is 0 Å². The summed E-state index contributed by atoms with van der Waals surface area (Å²) in [4.78, 5) is 2.49. The van der Waals surface area contributed by atoms with Crippen LogP contribution in [0.15, 0.2) is 24.3 Å². The van der Waals surface area contributed by atoms with Crippen LogP contribution in [0.2, 0.25) is 0 Å². The van der Waals surface area contributed by atoms with Gasteiger partial charge >= 0.3 is 0 Å². The average Bonchev–Trinajstić information content (AvgIpc) is 2.85. The van der Waals surface area contributed by atoms with Crippen LogP contribution in [0.4, 0.5) is 0 Å². The van der Waals surface area contributed by atoms with Gasteiger partial charge in [-0.2, -0.15) is 0 Å². The van der Waals surface area contributed by atoms with Gasteiger partial charge in [0.1, 0.15) is 0 Å². The molecule has 3 atom stereocenters. The molecule has 1 saturated heterocycles. The number of nitrogens with zero attached hydrogens (tertiary/aromatic N) is 1. The smallest absolute Gasteiger partial charge is 0.0702 e. The number of fused-ring (bicyclic) bond motifs is 1. The topological polar surface area (TPSA) is 24.5 Å². The lowest BCUT2D eigenvalue weighted by Crippen LogP contribution is -2.42. The molecule has 1 aromatic carbocycles. The molecular weight excluding hydrogens is 236 g/mol. The van der Waals surface area contributed by atoms with Crippen LogP contribution in [0.1, 0.15) is 30.4 Å². The molecule has 0 aromatic heterocycles. The van der Waals surface area contributed by atoms with Crippen molar-refractivity contribution in [3.63, 3.8) is 0 Å². The Bertz CT molecular complexity index is 435. The molecule has 2 heterocycles. The zero-order valence-corrected chi connectivity index (χ0v) is 11.9. The van der Waals surface area contributed by atoms with Crippen molar-refractivity contribution in [1.29, 1.82) is 0 Å². The second-order valence-electron chi connectivity index (χ2n) is 5.90. The summed E-state index contributed by atoms with van der Waals surface area (Å²) in [5.74, 6) is 0.600. The summed E-state index contributed by atoms with van der Waals surface area (Å²) in [6.45, 7) is 6.32. The van der Waals surface area contributed by atoms with Crippen molar-refractivity contribution >= 4 is 0 Å². The quantitative estimate of drug-likeness (QED) is 0.899. The van der Waals surface area contributed by atoms with E-state index in [0.29, 0.717) is 18.1 Å². The molecule has 19 heavy (non-hydrogen) atoms. The second-order valence-corrected chi connectivity index (χ2v) is 5.90. The summed E-state index contributed by atoms with van der Waals surface area (Å²) in [7, 11) is 2.24. The normalized spacial score (nSPS) is 30.6. The van der Waals surface area contributed by atoms with Crippen molar-refractivity contribution in [3.05, 3.63) is 35.4 Å². The van der Waals surface area contributed by atoms with Crippen molar-refractivity contribution < 1.29 is 4.74 Å². The third-order valence-corrected chi connectivity index (χ3v) is 4.61. The average molecular weight is 260 g/mol. The van der Waals surface area contributed by atoms with E-state index >= 15 is 0 Å². The Morgan fingerprint density at radius 2 is 2.21 bits per heavy atom. The molecule has 3 unspecified atom stereocenters. The molecule has 0 radical (unpaired) electrons. The SMILES string of the molecule is CC1OCCC1N(C)CC1CNCc2ccccc21. The van der Waals surface area contributed by atoms with Crippen LogP contribution in [0, 0.1) is 0 Å². The van der Waals surface area contributed by atoms with E-state index in [1.807, 2.05) is 0 Å². The van der Waals surface area contributed by atoms with Gasteiger partial charge < -0.3 is 15.0 Å². The van der Waals surface area contributed by atoms with Crippen molar-refractivity contribution in [2.24, 2.45) is 0 Å². The third kappa shape index (κ3) is 2.69. The Balaban J connectivity index is 1.70. The first kappa shape index (κ1) is 13.1. The number of rotatable bonds is 3. The first-order valence-corrected chi connectivity index (χ1v) is 7.36. The molecule has 3 heteroatoms. The van der Waals surface area contributed by atoms with E-state index in [-0.39, 0.29) is 0 Å². The number of ether oxygens (including phenoxy) is 1. The van der Waals surface area contributed by atoms with E-state index in [9.17, 15) is 0 Å². The van der Waals surface area contributed by atoms with Crippen LogP contribution >= 0.6 is 0 Å². The summed E-state index contributed by atoms with van der Waals surface area (Å²) in [6, 6.07) is 9.42. The van der Waals surface area contributed by atoms with Gasteiger partial charge in [-0.25, -0.2) is 0 Å². The predicted molar refractivity (Wildman–Crippen MR) is 77.3 cm³/mol. The van der Waals surface area contributed by atoms with E-state index in [1.165, 1.54) is 17.5 Å². The minimum Gasteiger partial charge on any atom is -0.377 e. The van der Waals surface area contributed by atoms with Crippen LogP contribution in [-0.2, 0) is 11.3 Å². The van der Waals surface area contributed by atoms with Gasteiger partial charge in [0.2, 0.25) is 0 Å². The third-order valence-electron chi connectivity index (χ3n) is 4.61. The molecule has 0 aliphatic carbocycles. The molecule has 3 rings (SSSR count). The van der Waals surface area contributed by atoms with Gasteiger partial charge in [0.25, 0.3) is 0 Å². The van der Waals surface area contributed by atoms with Crippen LogP contribution in [-0.4, -0.2) is 43.8 Å². The summed E-state index contributed by atoms with van der Waals surface area (Å²) >= 11 is 0. The monoisotopic (exact) mass is 260 g/mol. The number of likely N-dealkylation sites (N-methyl/N-ethyl adjacent to an activating group) is 1. The lowest BCUT2D eigenvalue weighted by atomic mass is 9.90. The van der Waals surface area contributed by atoms with E-state index in [2.05, 4.69) is 48.5 Å². The maximum atomic E-state index is 5.69. The molecule has 0 amide bonds. The fourth-order valence-electron chi connectivity index (χ4n) is 3.53. The van der Waals surface area contributed by atoms with Crippen LogP contribution in [0.25, 0.3) is 0 Å². The molecule has 0 bridgehead atoms. The van der Waals surface area contributed by atoms with Gasteiger partial charge in [-0.05, 0) is 31.5 Å². The number of hydrogen-bond donors (Lipinski definition) is 1. The highest BCUT2D eigenvalue weighted by Crippen LogP contribution is 2.26. The van der Waals surface area contributed by atoms with E-state index in [4.69, 9.17) is 4.74 Å². The molecule has 1 fully saturated rings. The van der Waals surface area contributed by atoms with Crippen molar-refractivity contribution in [3.8, 4) is 0 Å². The molecule has 1 aromatic rings. The zero-order chi connectivity index (χ0) is 13.2. The number of benzene rings is 1. The molecule has 3 nitrogen and oxygen atoms in total. The van der Waals surface area contributed by atoms with Gasteiger partial charge in [-0.1, -0.05) is 24.3 Å². The Hall–Kier alpha value is -0.900. The lowest BCUT2D eigenvalue weighted by Gasteiger charge is -2.33. The molecular formula is C16H24N2O. The summed E-state index contributed by atoms with van der Waals surface area (Å²) < 4.78 is 5.69. The van der Waals surface area contributed by atoms with E-state index in [0.717, 1.165) is 26.2 Å². The van der Waals surface area contributed by atoms with Gasteiger partial charge in [-0.3, -0.25) is 0 Å². The van der Waals surface area contributed by atoms with Gasteiger partial charge in [0.05, 0.1) is 6.10 Å². The Labute approximate surface area is 115 Å². The maximum absolute atomic E-state index is 5.69. The summed E-state index contributed by atoms with van der Waals surface area (Å²) in [5.41, 5.74) is 2.99. The van der Waals surface area contributed by atoms with Gasteiger partial charge in [0, 0.05) is 38.2 Å². The highest BCUT2D eigenvalue weighted by molar-refractivity contribution is 5.32. The van der Waals surface area contributed by atoms with Crippen molar-refractivity contribution in [1.82, 2.24) is 10.2 Å². The predicted octanol–water partition coefficient (Wildman–Crippen LogP) is 1.98. The van der Waals surface area contributed by atoms with E-state index in [1.54, 1.807) is 0 Å². The molecule has 1 N–H and O–H groups in total. The lowest BCUT2D eigenvalue weighted by molar-refractivity contribution is 0.0813. The largest absolute Gasteiger partial charge is 0.377 e. The van der Waals surface area contributed by atoms with Gasteiger partial charge in [-0.15, -0.1) is 0 Å². The van der Waals surface area contributed by atoms with Crippen LogP contribution < -0.4 is 5.32 Å². The standard InChI is InChI=1S/C16H24N2O/c1-12-16(7-8-19-12)18(2)11-14-10-17-9-13-5-3-4-6-15(13)14/h3-6,12,14,16-17H,7-11H2,1-2H3. The molecule has 104 valence electrons. The molecule has 2 aliphatic heterocycles. The Kier molecular flexibility index (Phi) is 3.87. The number of hydrogen-bond acceptors (Lipinski definition) is 3. The summed E-state index contributed by atoms with van der Waals surface area (Å²) in [6.07, 6.45) is 1.54. The first-order chi connectivity index (χ1) is 9.25. The second kappa shape index (κ2) is 5.61. The number of nitrogens with one attached hydrogen (secondary N) is 1. The fourth-order valence-corrected chi connectivity index (χ4v) is 3.53. The summed E-state index contributed by atoms with van der Waals surface area (Å²) in [5, 5.41) is 3.54. The zero-order valence-electron chi connectivity index (χ0n) is 11.9. The first-order valence-electron chi connectivity index (χ1n) is 7.36. The fraction of sp³-hybridized carbons (Fsp3) is 0.625. The Morgan fingerprint density at radius 3 is 3.00 bits per heavy atom. The minimum atomic E-state index is 0.372. The van der Waals surface area contributed by atoms with Crippen molar-refractivity contribution in [2.45, 2.75) is 38.0 Å². The van der Waals surface area contributed by atoms with Crippen LogP contribution in [0.5, 0.6) is 0 Å². The highest BCUT2D eigenvalue weighted by atomic mass is 16.5. The Morgan fingerprint density at radius 1 is 1.37 bits per heavy atom. The van der Waals surface area contributed by atoms with Crippen LogP contribution in [0.3, 0.4) is 0 Å². The van der Waals surface area contributed by atoms with Crippen molar-refractivity contribution in [2.75, 3.05) is 26.7 Å². The van der Waals surface area contributed by atoms with E-state index < -0.39 is 0 Å².